The van der Waals surface area contributed by atoms with Gasteiger partial charge >= 0.3 is 5.97 Å². The molecule has 6 rings (SSSR count). The van der Waals surface area contributed by atoms with E-state index in [1.807, 2.05) is 18.2 Å². The number of non-ortho nitro benzene ring substituents is 1. The summed E-state index contributed by atoms with van der Waals surface area (Å²) in [6, 6.07) is 14.3. The predicted molar refractivity (Wildman–Crippen MR) is 143 cm³/mol. The summed E-state index contributed by atoms with van der Waals surface area (Å²) in [4.78, 5) is 60.1. The summed E-state index contributed by atoms with van der Waals surface area (Å²) in [5.41, 5.74) is 2.30. The van der Waals surface area contributed by atoms with Crippen molar-refractivity contribution in [1.82, 2.24) is 0 Å². The van der Waals surface area contributed by atoms with Crippen LogP contribution in [0.15, 0.2) is 54.6 Å². The summed E-state index contributed by atoms with van der Waals surface area (Å²) >= 11 is 1.30. The van der Waals surface area contributed by atoms with Gasteiger partial charge in [0.2, 0.25) is 5.91 Å². The number of hydrogen-bond donors (Lipinski definition) is 0. The van der Waals surface area contributed by atoms with Crippen LogP contribution in [0.4, 0.5) is 16.4 Å². The number of fused-ring (bicyclic) bond motifs is 2. The maximum Gasteiger partial charge on any atom is 0.341 e. The highest BCUT2D eigenvalue weighted by Crippen LogP contribution is 2.50. The maximum atomic E-state index is 14.1. The molecule has 2 amide bonds. The van der Waals surface area contributed by atoms with Crippen molar-refractivity contribution < 1.29 is 28.9 Å². The molecule has 3 atom stereocenters. The fourth-order valence-electron chi connectivity index (χ4n) is 5.67. The number of aryl methyl sites for hydroxylation is 1. The number of amides is 2. The Morgan fingerprint density at radius 2 is 1.79 bits per heavy atom. The van der Waals surface area contributed by atoms with Crippen molar-refractivity contribution in [2.45, 2.75) is 44.8 Å². The molecule has 0 N–H and O–H groups in total. The number of nitro benzene ring substituents is 1. The summed E-state index contributed by atoms with van der Waals surface area (Å²) in [6.07, 6.45) is 2.23. The van der Waals surface area contributed by atoms with Crippen molar-refractivity contribution in [3.63, 3.8) is 0 Å². The van der Waals surface area contributed by atoms with Crippen LogP contribution in [-0.4, -0.2) is 35.4 Å². The number of esters is 1. The minimum Gasteiger partial charge on any atom is -0.462 e. The SMILES string of the molecule is CCOC(=O)c1c(N2C(=O)[C@@H]3[C@@H](ON(c4ccccc4)[C@H]3c3ccc([N+](=O)[O-])cc3)C2=O)sc2c1CCCC2. The number of benzene rings is 2. The largest absolute Gasteiger partial charge is 0.462 e. The first-order valence-corrected chi connectivity index (χ1v) is 13.7. The molecule has 11 heteroatoms. The van der Waals surface area contributed by atoms with Crippen LogP contribution in [0, 0.1) is 16.0 Å². The number of nitrogens with zero attached hydrogens (tertiary/aromatic N) is 3. The van der Waals surface area contributed by atoms with Crippen molar-refractivity contribution >= 4 is 45.5 Å². The zero-order valence-electron chi connectivity index (χ0n) is 21.1. The van der Waals surface area contributed by atoms with E-state index in [-0.39, 0.29) is 12.3 Å². The standard InChI is InChI=1S/C28H25N3O7S/c1-2-37-28(34)21-19-10-6-7-11-20(19)39-27(21)29-25(32)22-23(16-12-14-18(15-13-16)31(35)36)30(38-24(22)26(29)33)17-8-4-3-5-9-17/h3-5,8-9,12-15,22-24H,2,6-7,10-11H2,1H3/t22-,23-,24+/m0/s1. The van der Waals surface area contributed by atoms with Crippen LogP contribution < -0.4 is 9.96 Å². The van der Waals surface area contributed by atoms with Crippen molar-refractivity contribution in [1.29, 1.82) is 0 Å². The van der Waals surface area contributed by atoms with Crippen molar-refractivity contribution in [3.8, 4) is 0 Å². The lowest BCUT2D eigenvalue weighted by Crippen LogP contribution is -2.37. The Balaban J connectivity index is 1.43. The molecule has 0 spiro atoms. The lowest BCUT2D eigenvalue weighted by molar-refractivity contribution is -0.384. The van der Waals surface area contributed by atoms with E-state index in [1.165, 1.54) is 28.5 Å². The fourth-order valence-corrected chi connectivity index (χ4v) is 7.06. The number of rotatable bonds is 6. The van der Waals surface area contributed by atoms with Gasteiger partial charge in [0.25, 0.3) is 11.6 Å². The fraction of sp³-hybridized carbons (Fsp3) is 0.321. The Hall–Kier alpha value is -4.09. The first-order valence-electron chi connectivity index (χ1n) is 12.9. The van der Waals surface area contributed by atoms with Gasteiger partial charge in [-0.1, -0.05) is 30.3 Å². The van der Waals surface area contributed by atoms with Gasteiger partial charge in [-0.15, -0.1) is 11.3 Å². The minimum atomic E-state index is -1.12. The zero-order chi connectivity index (χ0) is 27.3. The van der Waals surface area contributed by atoms with Gasteiger partial charge in [-0.2, -0.15) is 0 Å². The number of thiophene rings is 1. The van der Waals surface area contributed by atoms with Crippen molar-refractivity contribution in [2.75, 3.05) is 16.6 Å². The van der Waals surface area contributed by atoms with Gasteiger partial charge in [0.15, 0.2) is 6.10 Å². The minimum absolute atomic E-state index is 0.0841. The summed E-state index contributed by atoms with van der Waals surface area (Å²) in [5.74, 6) is -2.48. The van der Waals surface area contributed by atoms with E-state index in [0.717, 1.165) is 34.6 Å². The highest BCUT2D eigenvalue weighted by molar-refractivity contribution is 7.17. The number of para-hydroxylation sites is 1. The van der Waals surface area contributed by atoms with E-state index < -0.39 is 40.8 Å². The molecule has 2 aromatic carbocycles. The molecule has 0 saturated carbocycles. The second kappa shape index (κ2) is 9.90. The monoisotopic (exact) mass is 547 g/mol. The Morgan fingerprint density at radius 3 is 2.49 bits per heavy atom. The number of hydroxylamine groups is 1. The van der Waals surface area contributed by atoms with Crippen LogP contribution in [0.5, 0.6) is 0 Å². The van der Waals surface area contributed by atoms with Gasteiger partial charge < -0.3 is 4.74 Å². The number of carbonyl (C=O) groups is 3. The number of nitro groups is 1. The first-order chi connectivity index (χ1) is 18.9. The van der Waals surface area contributed by atoms with Crippen LogP contribution >= 0.6 is 11.3 Å². The van der Waals surface area contributed by atoms with Gasteiger partial charge in [-0.3, -0.25) is 24.5 Å². The third kappa shape index (κ3) is 4.09. The quantitative estimate of drug-likeness (QED) is 0.188. The summed E-state index contributed by atoms with van der Waals surface area (Å²) in [6.45, 7) is 1.89. The molecule has 3 aromatic rings. The van der Waals surface area contributed by atoms with Crippen LogP contribution in [0.25, 0.3) is 0 Å². The molecule has 200 valence electrons. The number of hydrogen-bond acceptors (Lipinski definition) is 9. The first kappa shape index (κ1) is 25.2. The molecule has 10 nitrogen and oxygen atoms in total. The second-order valence-electron chi connectivity index (χ2n) is 9.63. The third-order valence-corrected chi connectivity index (χ3v) is 8.68. The molecular weight excluding hydrogens is 522 g/mol. The summed E-state index contributed by atoms with van der Waals surface area (Å²) in [5, 5.41) is 13.1. The van der Waals surface area contributed by atoms with Gasteiger partial charge in [0, 0.05) is 17.0 Å². The lowest BCUT2D eigenvalue weighted by Gasteiger charge is -2.28. The normalized spacial score (nSPS) is 22.1. The lowest BCUT2D eigenvalue weighted by atomic mass is 9.90. The number of imide groups is 1. The second-order valence-corrected chi connectivity index (χ2v) is 10.7. The van der Waals surface area contributed by atoms with Gasteiger partial charge in [-0.05, 0) is 55.9 Å². The number of carbonyl (C=O) groups excluding carboxylic acids is 3. The molecule has 1 aliphatic carbocycles. The highest BCUT2D eigenvalue weighted by Gasteiger charge is 2.61. The number of ether oxygens (including phenoxy) is 1. The Morgan fingerprint density at radius 1 is 1.08 bits per heavy atom. The molecule has 39 heavy (non-hydrogen) atoms. The van der Waals surface area contributed by atoms with Gasteiger partial charge in [-0.25, -0.2) is 14.8 Å². The smallest absolute Gasteiger partial charge is 0.341 e. The van der Waals surface area contributed by atoms with E-state index in [0.29, 0.717) is 28.2 Å². The average Bonchev–Trinajstić information content (AvgIpc) is 3.59. The van der Waals surface area contributed by atoms with E-state index >= 15 is 0 Å². The molecule has 0 unspecified atom stereocenters. The zero-order valence-corrected chi connectivity index (χ0v) is 21.9. The Kier molecular flexibility index (Phi) is 6.40. The Labute approximate surface area is 227 Å². The molecule has 3 aliphatic rings. The van der Waals surface area contributed by atoms with Gasteiger partial charge in [0.1, 0.15) is 10.9 Å². The van der Waals surface area contributed by atoms with E-state index in [4.69, 9.17) is 9.57 Å². The van der Waals surface area contributed by atoms with Crippen molar-refractivity contribution in [3.05, 3.63) is 86.3 Å². The van der Waals surface area contributed by atoms with Crippen LogP contribution in [0.2, 0.25) is 0 Å². The molecule has 0 bridgehead atoms. The highest BCUT2D eigenvalue weighted by atomic mass is 32.1. The molecule has 2 aliphatic heterocycles. The van der Waals surface area contributed by atoms with Gasteiger partial charge in [0.05, 0.1) is 28.8 Å². The average molecular weight is 548 g/mol. The molecule has 2 saturated heterocycles. The summed E-state index contributed by atoms with van der Waals surface area (Å²) < 4.78 is 5.34. The number of anilines is 2. The molecule has 0 radical (unpaired) electrons. The van der Waals surface area contributed by atoms with Crippen LogP contribution in [0.1, 0.15) is 52.2 Å². The maximum absolute atomic E-state index is 14.1. The van der Waals surface area contributed by atoms with Crippen LogP contribution in [0.3, 0.4) is 0 Å². The molecule has 2 fully saturated rings. The molecular formula is C28H25N3O7S. The predicted octanol–water partition coefficient (Wildman–Crippen LogP) is 4.76. The topological polar surface area (TPSA) is 119 Å². The third-order valence-electron chi connectivity index (χ3n) is 7.41. The Bertz CT molecular complexity index is 1470. The molecule has 1 aromatic heterocycles. The van der Waals surface area contributed by atoms with E-state index in [2.05, 4.69) is 0 Å². The van der Waals surface area contributed by atoms with E-state index in [1.54, 1.807) is 31.2 Å². The van der Waals surface area contributed by atoms with E-state index in [9.17, 15) is 24.5 Å². The molecule has 3 heterocycles. The van der Waals surface area contributed by atoms with Crippen LogP contribution in [-0.2, 0) is 32.0 Å². The van der Waals surface area contributed by atoms with Crippen molar-refractivity contribution in [2.24, 2.45) is 5.92 Å². The summed E-state index contributed by atoms with van der Waals surface area (Å²) in [7, 11) is 0.